The van der Waals surface area contributed by atoms with Gasteiger partial charge in [0.05, 0.1) is 23.6 Å². The predicted molar refractivity (Wildman–Crippen MR) is 96.3 cm³/mol. The molecule has 0 unspecified atom stereocenters. The minimum Gasteiger partial charge on any atom is -0.394 e. The first kappa shape index (κ1) is 17.6. The van der Waals surface area contributed by atoms with Crippen LogP contribution < -0.4 is 10.9 Å². The monoisotopic (exact) mass is 343 g/mol. The summed E-state index contributed by atoms with van der Waals surface area (Å²) in [5.74, 6) is 1.19. The zero-order chi connectivity index (χ0) is 17.6. The smallest absolute Gasteiger partial charge is 0.258 e. The van der Waals surface area contributed by atoms with Gasteiger partial charge in [-0.1, -0.05) is 31.4 Å². The fourth-order valence-corrected chi connectivity index (χ4v) is 3.28. The number of H-pyrrole nitrogens is 1. The maximum atomic E-state index is 12.1. The predicted octanol–water partition coefficient (Wildman–Crippen LogP) is 1.91. The van der Waals surface area contributed by atoms with Crippen molar-refractivity contribution in [3.05, 3.63) is 40.4 Å². The van der Waals surface area contributed by atoms with E-state index in [0.29, 0.717) is 41.9 Å². The number of aliphatic hydroxyl groups excluding tert-OH is 1. The number of para-hydroxylation sites is 1. The Morgan fingerprint density at radius 2 is 2.16 bits per heavy atom. The lowest BCUT2D eigenvalue weighted by Crippen LogP contribution is -2.39. The van der Waals surface area contributed by atoms with Crippen molar-refractivity contribution in [3.63, 3.8) is 0 Å². The van der Waals surface area contributed by atoms with Crippen LogP contribution in [0.3, 0.4) is 0 Å². The van der Waals surface area contributed by atoms with Gasteiger partial charge in [0.1, 0.15) is 5.82 Å². The second kappa shape index (κ2) is 8.25. The average Bonchev–Trinajstić information content (AvgIpc) is 2.57. The number of benzene rings is 1. The van der Waals surface area contributed by atoms with Crippen LogP contribution in [0.25, 0.3) is 10.9 Å². The number of carbonyl (C=O) groups is 1. The normalized spacial score (nSPS) is 15.7. The molecule has 0 radical (unpaired) electrons. The van der Waals surface area contributed by atoms with Crippen LogP contribution in [0.5, 0.6) is 0 Å². The van der Waals surface area contributed by atoms with Gasteiger partial charge in [0.2, 0.25) is 5.91 Å². The number of aromatic nitrogens is 2. The third-order valence-electron chi connectivity index (χ3n) is 4.91. The van der Waals surface area contributed by atoms with Crippen LogP contribution in [-0.2, 0) is 11.2 Å². The van der Waals surface area contributed by atoms with Gasteiger partial charge in [0.15, 0.2) is 0 Å². The second-order valence-corrected chi connectivity index (χ2v) is 6.86. The first-order chi connectivity index (χ1) is 12.2. The molecule has 6 heteroatoms. The van der Waals surface area contributed by atoms with E-state index in [4.69, 9.17) is 0 Å². The zero-order valence-electron chi connectivity index (χ0n) is 14.3. The maximum absolute atomic E-state index is 12.1. The Balaban J connectivity index is 1.48. The summed E-state index contributed by atoms with van der Waals surface area (Å²) in [5.41, 5.74) is 0.525. The van der Waals surface area contributed by atoms with Crippen LogP contribution in [0.15, 0.2) is 29.1 Å². The summed E-state index contributed by atoms with van der Waals surface area (Å²) < 4.78 is 0. The first-order valence-corrected chi connectivity index (χ1v) is 9.04. The number of hydrogen-bond acceptors (Lipinski definition) is 4. The SMILES string of the molecule is O=C(CCCc1nc2ccccc2c(=O)[nH]1)N[C@H](CO)CC1CCC1. The summed E-state index contributed by atoms with van der Waals surface area (Å²) >= 11 is 0. The number of nitrogens with one attached hydrogen (secondary N) is 2. The van der Waals surface area contributed by atoms with Crippen LogP contribution >= 0.6 is 0 Å². The lowest BCUT2D eigenvalue weighted by molar-refractivity contribution is -0.122. The summed E-state index contributed by atoms with van der Waals surface area (Å²) in [4.78, 5) is 31.3. The van der Waals surface area contributed by atoms with Gasteiger partial charge in [-0.15, -0.1) is 0 Å². The molecule has 25 heavy (non-hydrogen) atoms. The molecule has 1 amide bonds. The minimum absolute atomic E-state index is 0.0121. The number of carbonyl (C=O) groups excluding carboxylic acids is 1. The molecule has 0 spiro atoms. The van der Waals surface area contributed by atoms with Crippen molar-refractivity contribution >= 4 is 16.8 Å². The van der Waals surface area contributed by atoms with Gasteiger partial charge < -0.3 is 15.4 Å². The third-order valence-corrected chi connectivity index (χ3v) is 4.91. The molecular formula is C19H25N3O3. The molecule has 134 valence electrons. The average molecular weight is 343 g/mol. The van der Waals surface area contributed by atoms with Crippen LogP contribution in [0.2, 0.25) is 0 Å². The number of rotatable bonds is 8. The van der Waals surface area contributed by atoms with Crippen LogP contribution in [0.1, 0.15) is 44.3 Å². The van der Waals surface area contributed by atoms with E-state index in [9.17, 15) is 14.7 Å². The Labute approximate surface area is 146 Å². The number of hydrogen-bond donors (Lipinski definition) is 3. The standard InChI is InChI=1S/C19H25N3O3/c23-12-14(11-13-5-3-6-13)20-18(24)10-4-9-17-21-16-8-2-1-7-15(16)19(25)22-17/h1-2,7-8,13-14,23H,3-6,9-12H2,(H,20,24)(H,21,22,25)/t14-/m0/s1. The van der Waals surface area contributed by atoms with Crippen molar-refractivity contribution in [3.8, 4) is 0 Å². The topological polar surface area (TPSA) is 95.1 Å². The Bertz CT molecular complexity index is 783. The highest BCUT2D eigenvalue weighted by molar-refractivity contribution is 5.77. The summed E-state index contributed by atoms with van der Waals surface area (Å²) in [6, 6.07) is 7.08. The molecule has 6 nitrogen and oxygen atoms in total. The summed E-state index contributed by atoms with van der Waals surface area (Å²) in [6.07, 6.45) is 6.03. The van der Waals surface area contributed by atoms with E-state index in [2.05, 4.69) is 15.3 Å². The van der Waals surface area contributed by atoms with E-state index >= 15 is 0 Å². The molecule has 0 bridgehead atoms. The first-order valence-electron chi connectivity index (χ1n) is 9.04. The highest BCUT2D eigenvalue weighted by Crippen LogP contribution is 2.30. The second-order valence-electron chi connectivity index (χ2n) is 6.86. The highest BCUT2D eigenvalue weighted by Gasteiger charge is 2.22. The van der Waals surface area contributed by atoms with E-state index in [1.807, 2.05) is 18.2 Å². The molecule has 1 aromatic carbocycles. The summed E-state index contributed by atoms with van der Waals surface area (Å²) in [6.45, 7) is -0.0121. The molecule has 3 N–H and O–H groups in total. The summed E-state index contributed by atoms with van der Waals surface area (Å²) in [7, 11) is 0. The van der Waals surface area contributed by atoms with E-state index in [-0.39, 0.29) is 24.1 Å². The van der Waals surface area contributed by atoms with Crippen LogP contribution in [0, 0.1) is 5.92 Å². The lowest BCUT2D eigenvalue weighted by Gasteiger charge is -2.29. The fraction of sp³-hybridized carbons (Fsp3) is 0.526. The van der Waals surface area contributed by atoms with E-state index in [0.717, 1.165) is 6.42 Å². The molecular weight excluding hydrogens is 318 g/mol. The number of aryl methyl sites for hydroxylation is 1. The van der Waals surface area contributed by atoms with Crippen molar-refractivity contribution in [2.75, 3.05) is 6.61 Å². The molecule has 2 aromatic rings. The van der Waals surface area contributed by atoms with Crippen molar-refractivity contribution < 1.29 is 9.90 Å². The highest BCUT2D eigenvalue weighted by atomic mass is 16.3. The van der Waals surface area contributed by atoms with E-state index in [1.54, 1.807) is 6.07 Å². The molecule has 1 heterocycles. The third kappa shape index (κ3) is 4.66. The van der Waals surface area contributed by atoms with Crippen molar-refractivity contribution in [1.29, 1.82) is 0 Å². The number of nitrogens with zero attached hydrogens (tertiary/aromatic N) is 1. The number of amides is 1. The van der Waals surface area contributed by atoms with Gasteiger partial charge in [0, 0.05) is 12.8 Å². The Hall–Kier alpha value is -2.21. The van der Waals surface area contributed by atoms with Crippen molar-refractivity contribution in [2.24, 2.45) is 5.92 Å². The quantitative estimate of drug-likeness (QED) is 0.682. The molecule has 1 aromatic heterocycles. The van der Waals surface area contributed by atoms with E-state index < -0.39 is 0 Å². The van der Waals surface area contributed by atoms with Gasteiger partial charge in [0.25, 0.3) is 5.56 Å². The maximum Gasteiger partial charge on any atom is 0.258 e. The van der Waals surface area contributed by atoms with Crippen LogP contribution in [-0.4, -0.2) is 33.6 Å². The molecule has 1 atom stereocenters. The molecule has 1 saturated carbocycles. The molecule has 0 saturated heterocycles. The van der Waals surface area contributed by atoms with Gasteiger partial charge in [-0.05, 0) is 30.9 Å². The number of aliphatic hydroxyl groups is 1. The largest absolute Gasteiger partial charge is 0.394 e. The van der Waals surface area contributed by atoms with Gasteiger partial charge in [-0.2, -0.15) is 0 Å². The molecule has 1 aliphatic rings. The summed E-state index contributed by atoms with van der Waals surface area (Å²) in [5, 5.41) is 12.9. The minimum atomic E-state index is -0.147. The van der Waals surface area contributed by atoms with Crippen molar-refractivity contribution in [1.82, 2.24) is 15.3 Å². The lowest BCUT2D eigenvalue weighted by atomic mass is 9.81. The fourth-order valence-electron chi connectivity index (χ4n) is 3.28. The molecule has 3 rings (SSSR count). The molecule has 0 aliphatic heterocycles. The zero-order valence-corrected chi connectivity index (χ0v) is 14.3. The van der Waals surface area contributed by atoms with Crippen molar-refractivity contribution in [2.45, 2.75) is 51.0 Å². The molecule has 1 aliphatic carbocycles. The number of aromatic amines is 1. The Morgan fingerprint density at radius 1 is 1.36 bits per heavy atom. The number of fused-ring (bicyclic) bond motifs is 1. The van der Waals surface area contributed by atoms with Gasteiger partial charge in [-0.25, -0.2) is 4.98 Å². The van der Waals surface area contributed by atoms with Gasteiger partial charge >= 0.3 is 0 Å². The van der Waals surface area contributed by atoms with Crippen LogP contribution in [0.4, 0.5) is 0 Å². The Kier molecular flexibility index (Phi) is 5.81. The Morgan fingerprint density at radius 3 is 2.88 bits per heavy atom. The van der Waals surface area contributed by atoms with E-state index in [1.165, 1.54) is 19.3 Å². The molecule has 1 fully saturated rings. The van der Waals surface area contributed by atoms with Gasteiger partial charge in [-0.3, -0.25) is 9.59 Å².